The van der Waals surface area contributed by atoms with Gasteiger partial charge in [-0.3, -0.25) is 24.3 Å². The number of aromatic nitrogens is 2. The molecule has 3 N–H and O–H groups in total. The average Bonchev–Trinajstić information content (AvgIpc) is 3.41. The minimum Gasteiger partial charge on any atom is -0.463 e. The Labute approximate surface area is 226 Å². The van der Waals surface area contributed by atoms with Gasteiger partial charge in [-0.1, -0.05) is 11.2 Å². The van der Waals surface area contributed by atoms with Crippen molar-refractivity contribution >= 4 is 29.2 Å². The Morgan fingerprint density at radius 2 is 1.70 bits per heavy atom. The van der Waals surface area contributed by atoms with Gasteiger partial charge in [0.15, 0.2) is 6.23 Å². The summed E-state index contributed by atoms with van der Waals surface area (Å²) in [6.45, 7) is -0.108. The molecule has 3 aromatic rings. The molecule has 2 heterocycles. The predicted molar refractivity (Wildman–Crippen MR) is 139 cm³/mol. The van der Waals surface area contributed by atoms with Crippen molar-refractivity contribution < 1.29 is 33.9 Å². The van der Waals surface area contributed by atoms with E-state index in [0.29, 0.717) is 11.1 Å². The van der Waals surface area contributed by atoms with Gasteiger partial charge < -0.3 is 25.2 Å². The van der Waals surface area contributed by atoms with Gasteiger partial charge in [0.05, 0.1) is 17.8 Å². The van der Waals surface area contributed by atoms with Crippen LogP contribution in [0, 0.1) is 10.1 Å². The fourth-order valence-corrected chi connectivity index (χ4v) is 3.70. The summed E-state index contributed by atoms with van der Waals surface area (Å²) in [7, 11) is 0. The van der Waals surface area contributed by atoms with E-state index in [9.17, 15) is 29.7 Å². The molecule has 2 atom stereocenters. The summed E-state index contributed by atoms with van der Waals surface area (Å²) >= 11 is 0. The van der Waals surface area contributed by atoms with Crippen molar-refractivity contribution in [3.8, 4) is 5.75 Å². The summed E-state index contributed by atoms with van der Waals surface area (Å²) in [5, 5.41) is 23.5. The molecule has 0 saturated carbocycles. The molecule has 0 saturated heterocycles. The summed E-state index contributed by atoms with van der Waals surface area (Å²) in [5.74, 6) is -1.00. The molecule has 2 aromatic carbocycles. The van der Waals surface area contributed by atoms with E-state index in [1.807, 2.05) is 0 Å². The first-order valence-corrected chi connectivity index (χ1v) is 11.9. The number of hydrogen-bond acceptors (Lipinski definition) is 12. The highest BCUT2D eigenvalue weighted by Gasteiger charge is 2.23. The normalized spacial score (nSPS) is 16.4. The zero-order valence-corrected chi connectivity index (χ0v) is 20.8. The first-order chi connectivity index (χ1) is 19.2. The molecule has 14 heteroatoms. The fourth-order valence-electron chi connectivity index (χ4n) is 3.70. The third-order valence-corrected chi connectivity index (χ3v) is 5.68. The number of benzene rings is 2. The second kappa shape index (κ2) is 12.4. The van der Waals surface area contributed by atoms with Gasteiger partial charge in [-0.05, 0) is 48.5 Å². The molecular formula is C26H23N5O9. The molecule has 2 unspecified atom stereocenters. The van der Waals surface area contributed by atoms with Crippen LogP contribution in [0.15, 0.2) is 82.9 Å². The van der Waals surface area contributed by atoms with Gasteiger partial charge in [0, 0.05) is 29.5 Å². The van der Waals surface area contributed by atoms with Crippen LogP contribution in [0.2, 0.25) is 0 Å². The van der Waals surface area contributed by atoms with E-state index in [1.165, 1.54) is 53.2 Å². The number of nitro groups is 1. The Kier molecular flexibility index (Phi) is 8.61. The summed E-state index contributed by atoms with van der Waals surface area (Å²) in [5.41, 5.74) is 5.89. The number of ether oxygens (including phenoxy) is 3. The summed E-state index contributed by atoms with van der Waals surface area (Å²) in [4.78, 5) is 50.1. The van der Waals surface area contributed by atoms with Crippen molar-refractivity contribution in [3.63, 3.8) is 0 Å². The molecule has 1 aliphatic heterocycles. The highest BCUT2D eigenvalue weighted by atomic mass is 16.6. The molecule has 0 fully saturated rings. The molecule has 1 aliphatic rings. The molecule has 1 aromatic heterocycles. The van der Waals surface area contributed by atoms with Crippen molar-refractivity contribution in [3.05, 3.63) is 105 Å². The second-order valence-corrected chi connectivity index (χ2v) is 8.43. The smallest absolute Gasteiger partial charge is 0.351 e. The van der Waals surface area contributed by atoms with Crippen molar-refractivity contribution in [2.45, 2.75) is 25.2 Å². The number of nitrogens with zero attached hydrogens (tertiary/aromatic N) is 4. The molecular weight excluding hydrogens is 526 g/mol. The van der Waals surface area contributed by atoms with E-state index in [-0.39, 0.29) is 42.4 Å². The molecule has 40 heavy (non-hydrogen) atoms. The Balaban J connectivity index is 1.21. The van der Waals surface area contributed by atoms with Crippen LogP contribution in [-0.4, -0.2) is 50.0 Å². The number of esters is 2. The molecule has 0 amide bonds. The van der Waals surface area contributed by atoms with Crippen LogP contribution in [0.3, 0.4) is 0 Å². The molecule has 0 aliphatic carbocycles. The lowest BCUT2D eigenvalue weighted by molar-refractivity contribution is -0.384. The van der Waals surface area contributed by atoms with Gasteiger partial charge in [-0.25, -0.2) is 4.79 Å². The lowest BCUT2D eigenvalue weighted by Crippen LogP contribution is -2.28. The molecule has 0 radical (unpaired) electrons. The maximum Gasteiger partial charge on any atom is 0.351 e. The average molecular weight is 549 g/mol. The number of nitro benzene ring substituents is 1. The van der Waals surface area contributed by atoms with Crippen LogP contribution in [0.1, 0.15) is 30.2 Å². The molecule has 0 spiro atoms. The van der Waals surface area contributed by atoms with Gasteiger partial charge in [0.1, 0.15) is 30.0 Å². The van der Waals surface area contributed by atoms with Crippen LogP contribution < -0.4 is 16.2 Å². The minimum absolute atomic E-state index is 0.0919. The first kappa shape index (κ1) is 27.7. The number of oxime groups is 1. The number of rotatable bonds is 10. The minimum atomic E-state index is -0.709. The number of nitrogen functional groups attached to an aromatic ring is 1. The van der Waals surface area contributed by atoms with Gasteiger partial charge in [0.25, 0.3) is 5.69 Å². The third kappa shape index (κ3) is 6.93. The summed E-state index contributed by atoms with van der Waals surface area (Å²) < 4.78 is 17.3. The number of carbonyl (C=O) groups is 2. The van der Waals surface area contributed by atoms with Crippen LogP contribution in [0.4, 0.5) is 11.5 Å². The topological polar surface area (TPSA) is 198 Å². The Bertz CT molecular complexity index is 1510. The number of carbonyl (C=O) groups excluding carboxylic acids is 2. The summed E-state index contributed by atoms with van der Waals surface area (Å²) in [6, 6.07) is 13.0. The Morgan fingerprint density at radius 1 is 1.05 bits per heavy atom. The number of anilines is 1. The predicted octanol–water partition coefficient (Wildman–Crippen LogP) is 2.34. The molecule has 14 nitrogen and oxygen atoms in total. The zero-order chi connectivity index (χ0) is 28.6. The van der Waals surface area contributed by atoms with E-state index < -0.39 is 34.9 Å². The molecule has 0 bridgehead atoms. The molecule has 4 rings (SSSR count). The number of nitrogens with two attached hydrogens (primary N) is 1. The van der Waals surface area contributed by atoms with E-state index in [1.54, 1.807) is 24.3 Å². The van der Waals surface area contributed by atoms with Gasteiger partial charge >= 0.3 is 17.6 Å². The highest BCUT2D eigenvalue weighted by Crippen LogP contribution is 2.21. The molecule has 206 valence electrons. The quantitative estimate of drug-likeness (QED) is 0.0715. The first-order valence-electron chi connectivity index (χ1n) is 11.9. The maximum atomic E-state index is 12.2. The van der Waals surface area contributed by atoms with Crippen molar-refractivity contribution in [2.24, 2.45) is 5.16 Å². The van der Waals surface area contributed by atoms with Gasteiger partial charge in [-0.2, -0.15) is 4.98 Å². The summed E-state index contributed by atoms with van der Waals surface area (Å²) in [6.07, 6.45) is 2.98. The lowest BCUT2D eigenvalue weighted by Gasteiger charge is -2.16. The van der Waals surface area contributed by atoms with Crippen molar-refractivity contribution in [1.29, 1.82) is 0 Å². The van der Waals surface area contributed by atoms with E-state index >= 15 is 0 Å². The second-order valence-electron chi connectivity index (χ2n) is 8.43. The monoisotopic (exact) mass is 549 g/mol. The highest BCUT2D eigenvalue weighted by molar-refractivity contribution is 6.12. The SMILES string of the molecule is Nc1ccn(C2C=CC(COC(=O)CCC(=O)Oc3ccc(/C(=N/O)c4ccc([N+](=O)[O-])cc4)cc3)O2)c(=O)n1. The van der Waals surface area contributed by atoms with E-state index in [2.05, 4.69) is 10.1 Å². The Hall–Kier alpha value is -5.37. The maximum absolute atomic E-state index is 12.2. The van der Waals surface area contributed by atoms with Crippen LogP contribution in [0.25, 0.3) is 0 Å². The van der Waals surface area contributed by atoms with Crippen LogP contribution in [0.5, 0.6) is 5.75 Å². The standard InChI is InChI=1S/C26H23N5O9/c27-21-13-14-30(26(34)28-21)22-10-9-20(39-22)15-38-23(32)11-12-24(33)40-19-7-3-17(4-8-19)25(29-35)16-1-5-18(6-2-16)31(36)37/h1-10,13-14,20,22,35H,11-12,15H2,(H2,27,28,34)/b29-25+. The third-order valence-electron chi connectivity index (χ3n) is 5.68. The van der Waals surface area contributed by atoms with E-state index in [0.717, 1.165) is 0 Å². The number of non-ortho nitro benzene ring substituents is 1. The zero-order valence-electron chi connectivity index (χ0n) is 20.8. The Morgan fingerprint density at radius 3 is 2.33 bits per heavy atom. The van der Waals surface area contributed by atoms with Gasteiger partial charge in [-0.15, -0.1) is 0 Å². The van der Waals surface area contributed by atoms with Crippen LogP contribution in [-0.2, 0) is 19.1 Å². The fraction of sp³-hybridized carbons (Fsp3) is 0.192. The van der Waals surface area contributed by atoms with E-state index in [4.69, 9.17) is 19.9 Å². The van der Waals surface area contributed by atoms with Crippen LogP contribution >= 0.6 is 0 Å². The van der Waals surface area contributed by atoms with Crippen molar-refractivity contribution in [2.75, 3.05) is 12.3 Å². The van der Waals surface area contributed by atoms with Crippen molar-refractivity contribution in [1.82, 2.24) is 9.55 Å². The largest absolute Gasteiger partial charge is 0.463 e. The lowest BCUT2D eigenvalue weighted by atomic mass is 10.0. The van der Waals surface area contributed by atoms with Gasteiger partial charge in [0.2, 0.25) is 0 Å². The number of hydrogen-bond donors (Lipinski definition) is 2.